The summed E-state index contributed by atoms with van der Waals surface area (Å²) >= 11 is 0. The summed E-state index contributed by atoms with van der Waals surface area (Å²) in [6.07, 6.45) is 3.97. The lowest BCUT2D eigenvalue weighted by Gasteiger charge is -2.32. The Bertz CT molecular complexity index is 197. The lowest BCUT2D eigenvalue weighted by molar-refractivity contribution is -0.140. The molecule has 4 heteroatoms. The minimum Gasteiger partial charge on any atom is -0.469 e. The van der Waals surface area contributed by atoms with Crippen molar-refractivity contribution in [3.8, 4) is 0 Å². The Morgan fingerprint density at radius 1 is 1.60 bits per heavy atom. The molecule has 0 saturated carbocycles. The van der Waals surface area contributed by atoms with Crippen molar-refractivity contribution in [2.75, 3.05) is 33.8 Å². The van der Waals surface area contributed by atoms with E-state index in [2.05, 4.69) is 15.0 Å². The van der Waals surface area contributed by atoms with E-state index in [1.54, 1.807) is 0 Å². The molecule has 4 nitrogen and oxygen atoms in total. The first-order valence-electron chi connectivity index (χ1n) is 5.72. The number of nitrogens with zero attached hydrogens (tertiary/aromatic N) is 1. The van der Waals surface area contributed by atoms with Crippen molar-refractivity contribution >= 4 is 5.97 Å². The number of esters is 1. The molecule has 1 fully saturated rings. The van der Waals surface area contributed by atoms with Crippen LogP contribution in [0.4, 0.5) is 0 Å². The molecular weight excluding hydrogens is 192 g/mol. The molecule has 1 heterocycles. The SMILES string of the molecule is CNC1CCCN(CCCC(=O)OC)C1. The van der Waals surface area contributed by atoms with Crippen molar-refractivity contribution in [2.24, 2.45) is 0 Å². The average molecular weight is 214 g/mol. The first-order chi connectivity index (χ1) is 7.26. The summed E-state index contributed by atoms with van der Waals surface area (Å²) < 4.78 is 4.61. The second kappa shape index (κ2) is 6.80. The number of ether oxygens (including phenoxy) is 1. The second-order valence-electron chi connectivity index (χ2n) is 4.11. The number of rotatable bonds is 5. The quantitative estimate of drug-likeness (QED) is 0.681. The van der Waals surface area contributed by atoms with Gasteiger partial charge in [-0.15, -0.1) is 0 Å². The fourth-order valence-corrected chi connectivity index (χ4v) is 2.04. The molecule has 15 heavy (non-hydrogen) atoms. The molecule has 0 spiro atoms. The van der Waals surface area contributed by atoms with E-state index in [0.29, 0.717) is 12.5 Å². The van der Waals surface area contributed by atoms with Gasteiger partial charge < -0.3 is 15.0 Å². The van der Waals surface area contributed by atoms with Crippen LogP contribution in [-0.2, 0) is 9.53 Å². The van der Waals surface area contributed by atoms with Gasteiger partial charge in [0.15, 0.2) is 0 Å². The average Bonchev–Trinajstić information content (AvgIpc) is 2.29. The van der Waals surface area contributed by atoms with Crippen LogP contribution in [0, 0.1) is 0 Å². The number of methoxy groups -OCH3 is 1. The summed E-state index contributed by atoms with van der Waals surface area (Å²) in [4.78, 5) is 13.3. The fourth-order valence-electron chi connectivity index (χ4n) is 2.04. The first-order valence-corrected chi connectivity index (χ1v) is 5.72. The Morgan fingerprint density at radius 3 is 3.07 bits per heavy atom. The highest BCUT2D eigenvalue weighted by molar-refractivity contribution is 5.69. The molecule has 0 aromatic rings. The maximum atomic E-state index is 10.9. The highest BCUT2D eigenvalue weighted by atomic mass is 16.5. The van der Waals surface area contributed by atoms with Crippen LogP contribution in [0.2, 0.25) is 0 Å². The van der Waals surface area contributed by atoms with Gasteiger partial charge in [-0.25, -0.2) is 0 Å². The van der Waals surface area contributed by atoms with Crippen molar-refractivity contribution in [3.05, 3.63) is 0 Å². The predicted molar refractivity (Wildman–Crippen MR) is 59.8 cm³/mol. The summed E-state index contributed by atoms with van der Waals surface area (Å²) in [6.45, 7) is 3.28. The maximum absolute atomic E-state index is 10.9. The highest BCUT2D eigenvalue weighted by Gasteiger charge is 2.17. The molecule has 1 rings (SSSR count). The fraction of sp³-hybridized carbons (Fsp3) is 0.909. The molecular formula is C11H22N2O2. The Morgan fingerprint density at radius 2 is 2.40 bits per heavy atom. The van der Waals surface area contributed by atoms with E-state index in [1.807, 2.05) is 7.05 Å². The molecule has 0 bridgehead atoms. The van der Waals surface area contributed by atoms with E-state index in [1.165, 1.54) is 26.5 Å². The molecule has 0 aliphatic carbocycles. The van der Waals surface area contributed by atoms with Gasteiger partial charge in [-0.1, -0.05) is 0 Å². The van der Waals surface area contributed by atoms with Gasteiger partial charge in [-0.3, -0.25) is 4.79 Å². The molecule has 0 aromatic carbocycles. The van der Waals surface area contributed by atoms with Gasteiger partial charge in [-0.05, 0) is 39.4 Å². The molecule has 88 valence electrons. The van der Waals surface area contributed by atoms with Crippen LogP contribution in [0.15, 0.2) is 0 Å². The van der Waals surface area contributed by atoms with Gasteiger partial charge in [0.2, 0.25) is 0 Å². The Labute approximate surface area is 92.0 Å². The molecule has 1 atom stereocenters. The minimum absolute atomic E-state index is 0.0998. The molecule has 1 saturated heterocycles. The largest absolute Gasteiger partial charge is 0.469 e. The third kappa shape index (κ3) is 4.62. The van der Waals surface area contributed by atoms with Crippen molar-refractivity contribution < 1.29 is 9.53 Å². The Hall–Kier alpha value is -0.610. The molecule has 1 aliphatic heterocycles. The first kappa shape index (κ1) is 12.5. The third-order valence-electron chi connectivity index (χ3n) is 3.00. The van der Waals surface area contributed by atoms with Crippen molar-refractivity contribution in [1.82, 2.24) is 10.2 Å². The zero-order valence-corrected chi connectivity index (χ0v) is 9.79. The number of piperidine rings is 1. The third-order valence-corrected chi connectivity index (χ3v) is 3.00. The molecule has 1 aliphatic rings. The van der Waals surface area contributed by atoms with E-state index >= 15 is 0 Å². The second-order valence-corrected chi connectivity index (χ2v) is 4.11. The van der Waals surface area contributed by atoms with Gasteiger partial charge in [0.1, 0.15) is 0 Å². The highest BCUT2D eigenvalue weighted by Crippen LogP contribution is 2.10. The number of carbonyl (C=O) groups excluding carboxylic acids is 1. The van der Waals surface area contributed by atoms with Crippen LogP contribution in [-0.4, -0.2) is 50.7 Å². The molecule has 0 aromatic heterocycles. The minimum atomic E-state index is -0.0998. The number of carbonyl (C=O) groups is 1. The zero-order chi connectivity index (χ0) is 11.1. The lowest BCUT2D eigenvalue weighted by Crippen LogP contribution is -2.44. The molecule has 0 radical (unpaired) electrons. The van der Waals surface area contributed by atoms with Crippen LogP contribution < -0.4 is 5.32 Å². The molecule has 1 N–H and O–H groups in total. The van der Waals surface area contributed by atoms with Crippen molar-refractivity contribution in [2.45, 2.75) is 31.7 Å². The number of likely N-dealkylation sites (N-methyl/N-ethyl adjacent to an activating group) is 1. The predicted octanol–water partition coefficient (Wildman–Crippen LogP) is 0.623. The molecule has 1 unspecified atom stereocenters. The number of hydrogen-bond donors (Lipinski definition) is 1. The summed E-state index contributed by atoms with van der Waals surface area (Å²) in [5.41, 5.74) is 0. The maximum Gasteiger partial charge on any atom is 0.305 e. The van der Waals surface area contributed by atoms with Crippen molar-refractivity contribution in [3.63, 3.8) is 0 Å². The summed E-state index contributed by atoms with van der Waals surface area (Å²) in [6, 6.07) is 0.622. The van der Waals surface area contributed by atoms with Gasteiger partial charge in [0, 0.05) is 19.0 Å². The summed E-state index contributed by atoms with van der Waals surface area (Å²) in [5.74, 6) is -0.0998. The number of likely N-dealkylation sites (tertiary alicyclic amines) is 1. The lowest BCUT2D eigenvalue weighted by atomic mass is 10.1. The zero-order valence-electron chi connectivity index (χ0n) is 9.79. The van der Waals surface area contributed by atoms with Gasteiger partial charge in [-0.2, -0.15) is 0 Å². The van der Waals surface area contributed by atoms with E-state index in [0.717, 1.165) is 19.5 Å². The van der Waals surface area contributed by atoms with Crippen LogP contribution >= 0.6 is 0 Å². The number of nitrogens with one attached hydrogen (secondary N) is 1. The summed E-state index contributed by atoms with van der Waals surface area (Å²) in [7, 11) is 3.46. The van der Waals surface area contributed by atoms with Crippen molar-refractivity contribution in [1.29, 1.82) is 0 Å². The van der Waals surface area contributed by atoms with E-state index in [4.69, 9.17) is 0 Å². The van der Waals surface area contributed by atoms with Crippen LogP contribution in [0.1, 0.15) is 25.7 Å². The number of hydrogen-bond acceptors (Lipinski definition) is 4. The Balaban J connectivity index is 2.12. The van der Waals surface area contributed by atoms with E-state index in [-0.39, 0.29) is 5.97 Å². The standard InChI is InChI=1S/C11H22N2O2/c1-12-10-5-3-7-13(9-10)8-4-6-11(14)15-2/h10,12H,3-9H2,1-2H3. The molecule has 0 amide bonds. The monoisotopic (exact) mass is 214 g/mol. The van der Waals surface area contributed by atoms with E-state index < -0.39 is 0 Å². The smallest absolute Gasteiger partial charge is 0.305 e. The van der Waals surface area contributed by atoms with Gasteiger partial charge >= 0.3 is 5.97 Å². The van der Waals surface area contributed by atoms with Crippen LogP contribution in [0.5, 0.6) is 0 Å². The van der Waals surface area contributed by atoms with Gasteiger partial charge in [0.25, 0.3) is 0 Å². The summed E-state index contributed by atoms with van der Waals surface area (Å²) in [5, 5.41) is 3.31. The Kier molecular flexibility index (Phi) is 5.65. The topological polar surface area (TPSA) is 41.6 Å². The van der Waals surface area contributed by atoms with E-state index in [9.17, 15) is 4.79 Å². The van der Waals surface area contributed by atoms with Crippen LogP contribution in [0.3, 0.4) is 0 Å². The van der Waals surface area contributed by atoms with Crippen LogP contribution in [0.25, 0.3) is 0 Å². The van der Waals surface area contributed by atoms with Gasteiger partial charge in [0.05, 0.1) is 7.11 Å². The normalized spacial score (nSPS) is 22.7.